The van der Waals surface area contributed by atoms with E-state index in [4.69, 9.17) is 10.5 Å². The van der Waals surface area contributed by atoms with Crippen LogP contribution in [0.3, 0.4) is 0 Å². The molecule has 1 unspecified atom stereocenters. The second kappa shape index (κ2) is 7.59. The summed E-state index contributed by atoms with van der Waals surface area (Å²) in [6.45, 7) is 6.85. The third kappa shape index (κ3) is 5.23. The van der Waals surface area contributed by atoms with E-state index < -0.39 is 0 Å². The summed E-state index contributed by atoms with van der Waals surface area (Å²) in [7, 11) is 0. The van der Waals surface area contributed by atoms with Crippen LogP contribution in [0.25, 0.3) is 0 Å². The van der Waals surface area contributed by atoms with E-state index in [0.717, 1.165) is 23.1 Å². The predicted molar refractivity (Wildman–Crippen MR) is 81.0 cm³/mol. The van der Waals surface area contributed by atoms with Crippen molar-refractivity contribution in [1.82, 2.24) is 0 Å². The van der Waals surface area contributed by atoms with Crippen LogP contribution < -0.4 is 10.5 Å². The molecular formula is C15H22BrNO. The lowest BCUT2D eigenvalue weighted by molar-refractivity contribution is 0.356. The SMILES string of the molecule is CCC(N)Cc1cc(Br)ccc1OCC=C(C)C. The van der Waals surface area contributed by atoms with Crippen molar-refractivity contribution in [2.75, 3.05) is 6.61 Å². The van der Waals surface area contributed by atoms with Gasteiger partial charge >= 0.3 is 0 Å². The lowest BCUT2D eigenvalue weighted by Gasteiger charge is -2.14. The van der Waals surface area contributed by atoms with Crippen LogP contribution in [-0.2, 0) is 6.42 Å². The quantitative estimate of drug-likeness (QED) is 0.804. The summed E-state index contributed by atoms with van der Waals surface area (Å²) in [5, 5.41) is 0. The Hall–Kier alpha value is -0.800. The Morgan fingerprint density at radius 1 is 1.44 bits per heavy atom. The first-order valence-electron chi connectivity index (χ1n) is 6.33. The molecule has 1 rings (SSSR count). The summed E-state index contributed by atoms with van der Waals surface area (Å²) in [4.78, 5) is 0. The Balaban J connectivity index is 2.79. The number of rotatable bonds is 6. The fraction of sp³-hybridized carbons (Fsp3) is 0.467. The van der Waals surface area contributed by atoms with E-state index in [9.17, 15) is 0 Å². The summed E-state index contributed by atoms with van der Waals surface area (Å²) in [6, 6.07) is 6.28. The molecule has 0 bridgehead atoms. The number of nitrogens with two attached hydrogens (primary N) is 1. The van der Waals surface area contributed by atoms with E-state index in [2.05, 4.69) is 48.8 Å². The molecule has 18 heavy (non-hydrogen) atoms. The highest BCUT2D eigenvalue weighted by Gasteiger charge is 2.08. The lowest BCUT2D eigenvalue weighted by atomic mass is 10.0. The first kappa shape index (κ1) is 15.3. The highest BCUT2D eigenvalue weighted by molar-refractivity contribution is 9.10. The Morgan fingerprint density at radius 3 is 2.78 bits per heavy atom. The lowest BCUT2D eigenvalue weighted by Crippen LogP contribution is -2.21. The van der Waals surface area contributed by atoms with Gasteiger partial charge in [-0.05, 0) is 56.5 Å². The summed E-state index contributed by atoms with van der Waals surface area (Å²) >= 11 is 3.49. The molecule has 0 aliphatic heterocycles. The average molecular weight is 312 g/mol. The molecule has 2 N–H and O–H groups in total. The third-order valence-corrected chi connectivity index (χ3v) is 3.25. The van der Waals surface area contributed by atoms with Crippen molar-refractivity contribution in [1.29, 1.82) is 0 Å². The van der Waals surface area contributed by atoms with Gasteiger partial charge < -0.3 is 10.5 Å². The minimum atomic E-state index is 0.185. The fourth-order valence-electron chi connectivity index (χ4n) is 1.57. The molecule has 0 radical (unpaired) electrons. The molecule has 1 aromatic carbocycles. The molecule has 0 aliphatic rings. The van der Waals surface area contributed by atoms with E-state index in [1.54, 1.807) is 0 Å². The highest BCUT2D eigenvalue weighted by atomic mass is 79.9. The second-order valence-electron chi connectivity index (χ2n) is 4.72. The maximum absolute atomic E-state index is 6.02. The van der Waals surface area contributed by atoms with E-state index in [1.165, 1.54) is 11.1 Å². The van der Waals surface area contributed by atoms with Gasteiger partial charge in [0, 0.05) is 10.5 Å². The van der Waals surface area contributed by atoms with Crippen LogP contribution in [0.15, 0.2) is 34.3 Å². The molecule has 0 fully saturated rings. The number of allylic oxidation sites excluding steroid dienone is 1. The van der Waals surface area contributed by atoms with Gasteiger partial charge in [-0.25, -0.2) is 0 Å². The molecular weight excluding hydrogens is 290 g/mol. The van der Waals surface area contributed by atoms with Gasteiger partial charge in [-0.2, -0.15) is 0 Å². The Labute approximate surface area is 118 Å². The van der Waals surface area contributed by atoms with Crippen LogP contribution >= 0.6 is 15.9 Å². The average Bonchev–Trinajstić information content (AvgIpc) is 2.31. The number of ether oxygens (including phenoxy) is 1. The van der Waals surface area contributed by atoms with Gasteiger partial charge in [-0.1, -0.05) is 28.4 Å². The number of benzene rings is 1. The van der Waals surface area contributed by atoms with Crippen LogP contribution in [-0.4, -0.2) is 12.6 Å². The van der Waals surface area contributed by atoms with Gasteiger partial charge in [0.15, 0.2) is 0 Å². The molecule has 0 spiro atoms. The van der Waals surface area contributed by atoms with Gasteiger partial charge in [-0.3, -0.25) is 0 Å². The molecule has 1 atom stereocenters. The van der Waals surface area contributed by atoms with E-state index >= 15 is 0 Å². The predicted octanol–water partition coefficient (Wildman–Crippen LogP) is 4.07. The van der Waals surface area contributed by atoms with Gasteiger partial charge in [0.1, 0.15) is 12.4 Å². The fourth-order valence-corrected chi connectivity index (χ4v) is 1.98. The first-order chi connectivity index (χ1) is 8.52. The van der Waals surface area contributed by atoms with Gasteiger partial charge in [0.2, 0.25) is 0 Å². The molecule has 0 saturated heterocycles. The maximum atomic E-state index is 6.02. The molecule has 2 nitrogen and oxygen atoms in total. The van der Waals surface area contributed by atoms with Crippen molar-refractivity contribution in [3.63, 3.8) is 0 Å². The maximum Gasteiger partial charge on any atom is 0.123 e. The Kier molecular flexibility index (Phi) is 6.44. The van der Waals surface area contributed by atoms with Gasteiger partial charge in [0.05, 0.1) is 0 Å². The monoisotopic (exact) mass is 311 g/mol. The van der Waals surface area contributed by atoms with Crippen LogP contribution in [0.5, 0.6) is 5.75 Å². The summed E-state index contributed by atoms with van der Waals surface area (Å²) in [6.07, 6.45) is 3.89. The number of hydrogen-bond acceptors (Lipinski definition) is 2. The Morgan fingerprint density at radius 2 is 2.17 bits per heavy atom. The molecule has 100 valence electrons. The van der Waals surface area contributed by atoms with Crippen LogP contribution in [0.1, 0.15) is 32.8 Å². The van der Waals surface area contributed by atoms with Crippen LogP contribution in [0.2, 0.25) is 0 Å². The molecule has 0 aromatic heterocycles. The minimum Gasteiger partial charge on any atom is -0.489 e. The van der Waals surface area contributed by atoms with Crippen molar-refractivity contribution in [3.05, 3.63) is 39.9 Å². The van der Waals surface area contributed by atoms with Crippen molar-refractivity contribution in [3.8, 4) is 5.75 Å². The Bertz CT molecular complexity index is 411. The number of hydrogen-bond donors (Lipinski definition) is 1. The van der Waals surface area contributed by atoms with Crippen molar-refractivity contribution >= 4 is 15.9 Å². The normalized spacial score (nSPS) is 12.1. The van der Waals surface area contributed by atoms with E-state index in [1.807, 2.05) is 12.1 Å². The third-order valence-electron chi connectivity index (χ3n) is 2.76. The van der Waals surface area contributed by atoms with Gasteiger partial charge in [0.25, 0.3) is 0 Å². The van der Waals surface area contributed by atoms with E-state index in [0.29, 0.717) is 6.61 Å². The minimum absolute atomic E-state index is 0.185. The van der Waals surface area contributed by atoms with Crippen molar-refractivity contribution in [2.45, 2.75) is 39.7 Å². The highest BCUT2D eigenvalue weighted by Crippen LogP contribution is 2.24. The van der Waals surface area contributed by atoms with Gasteiger partial charge in [-0.15, -0.1) is 0 Å². The largest absolute Gasteiger partial charge is 0.489 e. The van der Waals surface area contributed by atoms with Crippen LogP contribution in [0, 0.1) is 0 Å². The zero-order valence-corrected chi connectivity index (χ0v) is 13.0. The van der Waals surface area contributed by atoms with Crippen molar-refractivity contribution in [2.24, 2.45) is 5.73 Å². The summed E-state index contributed by atoms with van der Waals surface area (Å²) < 4.78 is 6.86. The van der Waals surface area contributed by atoms with Crippen LogP contribution in [0.4, 0.5) is 0 Å². The van der Waals surface area contributed by atoms with Crippen molar-refractivity contribution < 1.29 is 4.74 Å². The molecule has 0 heterocycles. The molecule has 1 aromatic rings. The van der Waals surface area contributed by atoms with E-state index in [-0.39, 0.29) is 6.04 Å². The zero-order chi connectivity index (χ0) is 13.5. The summed E-state index contributed by atoms with van der Waals surface area (Å²) in [5.74, 6) is 0.930. The summed E-state index contributed by atoms with van der Waals surface area (Å²) in [5.41, 5.74) is 8.45. The standard InChI is InChI=1S/C15H22BrNO/c1-4-14(17)10-12-9-13(16)5-6-15(12)18-8-7-11(2)3/h5-7,9,14H,4,8,10,17H2,1-3H3. The first-order valence-corrected chi connectivity index (χ1v) is 7.12. The topological polar surface area (TPSA) is 35.2 Å². The molecule has 0 amide bonds. The molecule has 3 heteroatoms. The smallest absolute Gasteiger partial charge is 0.123 e. The zero-order valence-electron chi connectivity index (χ0n) is 11.4. The second-order valence-corrected chi connectivity index (χ2v) is 5.63. The molecule has 0 saturated carbocycles. The molecule has 0 aliphatic carbocycles. The number of halogens is 1.